The molecule has 2 aromatic carbocycles. The van der Waals surface area contributed by atoms with E-state index < -0.39 is 13.5 Å². The molecule has 0 saturated carbocycles. The normalized spacial score (nSPS) is 11.0. The summed E-state index contributed by atoms with van der Waals surface area (Å²) in [5.41, 5.74) is 4.60. The average molecular weight is 410 g/mol. The first-order valence-corrected chi connectivity index (χ1v) is 12.0. The predicted molar refractivity (Wildman–Crippen MR) is 91.4 cm³/mol. The van der Waals surface area contributed by atoms with Crippen LogP contribution in [0.15, 0.2) is 48.5 Å². The summed E-state index contributed by atoms with van der Waals surface area (Å²) in [4.78, 5) is 2.10. The number of nitrogens with zero attached hydrogens (tertiary/aromatic N) is 1. The molecule has 0 spiro atoms. The molecule has 0 amide bonds. The number of hydrogen-bond acceptors (Lipinski definition) is 2. The third-order valence-corrected chi connectivity index (χ3v) is 4.93. The van der Waals surface area contributed by atoms with Gasteiger partial charge in [0.2, 0.25) is 0 Å². The van der Waals surface area contributed by atoms with Gasteiger partial charge in [-0.05, 0) is 0 Å². The Hall–Kier alpha value is -0.887. The fourth-order valence-electron chi connectivity index (χ4n) is 2.08. The SMILES string of the molecule is CN(C)c1ccccc1NCc1ccccc1[CH]=[Ru]([Cl])[Cl]. The van der Waals surface area contributed by atoms with Crippen molar-refractivity contribution in [3.63, 3.8) is 0 Å². The summed E-state index contributed by atoms with van der Waals surface area (Å²) in [5, 5.41) is 3.49. The van der Waals surface area contributed by atoms with E-state index >= 15 is 0 Å². The Labute approximate surface area is 139 Å². The van der Waals surface area contributed by atoms with Crippen molar-refractivity contribution in [2.24, 2.45) is 0 Å². The first-order chi connectivity index (χ1) is 10.1. The van der Waals surface area contributed by atoms with Gasteiger partial charge in [-0.2, -0.15) is 0 Å². The Morgan fingerprint density at radius 3 is 2.43 bits per heavy atom. The number of benzene rings is 2. The van der Waals surface area contributed by atoms with Gasteiger partial charge in [-0.15, -0.1) is 0 Å². The third-order valence-electron chi connectivity index (χ3n) is 3.10. The van der Waals surface area contributed by atoms with Crippen molar-refractivity contribution in [1.29, 1.82) is 0 Å². The van der Waals surface area contributed by atoms with Crippen molar-refractivity contribution in [3.8, 4) is 0 Å². The molecule has 21 heavy (non-hydrogen) atoms. The van der Waals surface area contributed by atoms with Gasteiger partial charge in [-0.25, -0.2) is 0 Å². The molecule has 0 aromatic heterocycles. The minimum atomic E-state index is -1.81. The number of halogens is 2. The Kier molecular flexibility index (Phi) is 6.23. The van der Waals surface area contributed by atoms with Gasteiger partial charge in [-0.1, -0.05) is 0 Å². The molecular weight excluding hydrogens is 392 g/mol. The van der Waals surface area contributed by atoms with Crippen molar-refractivity contribution < 1.29 is 13.5 Å². The molecule has 0 fully saturated rings. The minimum absolute atomic E-state index is 0.743. The van der Waals surface area contributed by atoms with Gasteiger partial charge in [-0.3, -0.25) is 0 Å². The van der Waals surface area contributed by atoms with Crippen LogP contribution in [0.3, 0.4) is 0 Å². The van der Waals surface area contributed by atoms with E-state index in [4.69, 9.17) is 19.4 Å². The molecule has 0 unspecified atom stereocenters. The zero-order valence-corrected chi connectivity index (χ0v) is 15.2. The Bertz CT molecular complexity index is 638. The van der Waals surface area contributed by atoms with Gasteiger partial charge in [0.05, 0.1) is 0 Å². The zero-order chi connectivity index (χ0) is 15.2. The predicted octanol–water partition coefficient (Wildman–Crippen LogP) is 4.44. The molecular formula is C16H18Cl2N2Ru. The third kappa shape index (κ3) is 4.81. The molecule has 5 heteroatoms. The first-order valence-electron chi connectivity index (χ1n) is 6.49. The van der Waals surface area contributed by atoms with Crippen molar-refractivity contribution in [2.45, 2.75) is 6.54 Å². The molecule has 1 N–H and O–H groups in total. The van der Waals surface area contributed by atoms with Crippen LogP contribution in [-0.4, -0.2) is 18.7 Å². The standard InChI is InChI=1S/C16H18N2.2ClH.Ru/c1-13-8-4-5-9-14(13)12-17-15-10-6-7-11-16(15)18(2)3;;;/h1,4-11,17H,12H2,2-3H3;2*1H;/q;;;+2/p-2. The van der Waals surface area contributed by atoms with E-state index in [2.05, 4.69) is 34.5 Å². The van der Waals surface area contributed by atoms with E-state index in [1.165, 1.54) is 11.3 Å². The zero-order valence-electron chi connectivity index (χ0n) is 12.0. The van der Waals surface area contributed by atoms with Crippen LogP contribution in [0.4, 0.5) is 11.4 Å². The van der Waals surface area contributed by atoms with Gasteiger partial charge in [0.15, 0.2) is 0 Å². The maximum absolute atomic E-state index is 5.99. The van der Waals surface area contributed by atoms with Crippen molar-refractivity contribution in [1.82, 2.24) is 0 Å². The van der Waals surface area contributed by atoms with Gasteiger partial charge in [0.1, 0.15) is 0 Å². The fraction of sp³-hybridized carbons (Fsp3) is 0.188. The maximum atomic E-state index is 5.99. The number of nitrogens with one attached hydrogen (secondary N) is 1. The molecule has 114 valence electrons. The van der Waals surface area contributed by atoms with E-state index in [1.54, 1.807) is 0 Å². The summed E-state index contributed by atoms with van der Waals surface area (Å²) in [6.07, 6.45) is 0. The van der Waals surface area contributed by atoms with Crippen LogP contribution in [0.5, 0.6) is 0 Å². The van der Waals surface area contributed by atoms with Crippen LogP contribution >= 0.6 is 19.4 Å². The Balaban J connectivity index is 2.20. The number of rotatable bonds is 5. The van der Waals surface area contributed by atoms with Crippen LogP contribution in [0.25, 0.3) is 0 Å². The van der Waals surface area contributed by atoms with Crippen LogP contribution in [0.2, 0.25) is 0 Å². The molecule has 2 aromatic rings. The molecule has 2 nitrogen and oxygen atoms in total. The monoisotopic (exact) mass is 410 g/mol. The molecule has 2 rings (SSSR count). The summed E-state index contributed by atoms with van der Waals surface area (Å²) in [6.45, 7) is 0.743. The second-order valence-corrected chi connectivity index (χ2v) is 10.5. The van der Waals surface area contributed by atoms with Gasteiger partial charge < -0.3 is 0 Å². The van der Waals surface area contributed by atoms with E-state index in [1.807, 2.05) is 43.0 Å². The van der Waals surface area contributed by atoms with Crippen molar-refractivity contribution in [3.05, 3.63) is 59.7 Å². The van der Waals surface area contributed by atoms with Gasteiger partial charge in [0.25, 0.3) is 0 Å². The summed E-state index contributed by atoms with van der Waals surface area (Å²) in [7, 11) is 16.1. The number of para-hydroxylation sites is 2. The molecule has 0 heterocycles. The van der Waals surface area contributed by atoms with Gasteiger partial charge >= 0.3 is 139 Å². The summed E-state index contributed by atoms with van der Waals surface area (Å²) in [5.74, 6) is 0. The Morgan fingerprint density at radius 2 is 1.71 bits per heavy atom. The molecule has 0 saturated heterocycles. The first kappa shape index (κ1) is 16.5. The molecule has 0 aliphatic heterocycles. The Morgan fingerprint density at radius 1 is 1.05 bits per heavy atom. The number of hydrogen-bond donors (Lipinski definition) is 1. The summed E-state index contributed by atoms with van der Waals surface area (Å²) < 4.78 is 1.99. The molecule has 0 aliphatic carbocycles. The van der Waals surface area contributed by atoms with E-state index in [9.17, 15) is 0 Å². The fourth-order valence-corrected chi connectivity index (χ4v) is 3.96. The van der Waals surface area contributed by atoms with Crippen LogP contribution in [0.1, 0.15) is 11.1 Å². The van der Waals surface area contributed by atoms with Crippen molar-refractivity contribution >= 4 is 35.4 Å². The molecule has 0 atom stereocenters. The molecule has 0 aliphatic rings. The summed E-state index contributed by atoms with van der Waals surface area (Å²) >= 11 is -1.81. The van der Waals surface area contributed by atoms with Crippen LogP contribution < -0.4 is 10.2 Å². The van der Waals surface area contributed by atoms with Crippen LogP contribution in [0, 0.1) is 0 Å². The van der Waals surface area contributed by atoms with Crippen LogP contribution in [-0.2, 0) is 20.1 Å². The van der Waals surface area contributed by atoms with E-state index in [-0.39, 0.29) is 0 Å². The average Bonchev–Trinajstić information content (AvgIpc) is 2.46. The second-order valence-electron chi connectivity index (χ2n) is 4.77. The van der Waals surface area contributed by atoms with E-state index in [0.717, 1.165) is 17.8 Å². The quantitative estimate of drug-likeness (QED) is 0.734. The van der Waals surface area contributed by atoms with Crippen molar-refractivity contribution in [2.75, 3.05) is 24.3 Å². The topological polar surface area (TPSA) is 15.3 Å². The number of anilines is 2. The van der Waals surface area contributed by atoms with E-state index in [0.29, 0.717) is 0 Å². The second kappa shape index (κ2) is 7.93. The summed E-state index contributed by atoms with van der Waals surface area (Å²) in [6, 6.07) is 16.5. The molecule has 0 bridgehead atoms. The molecule has 0 radical (unpaired) electrons. The van der Waals surface area contributed by atoms with Gasteiger partial charge in [0, 0.05) is 0 Å².